The summed E-state index contributed by atoms with van der Waals surface area (Å²) in [5.74, 6) is 5.52. The van der Waals surface area contributed by atoms with Crippen molar-refractivity contribution in [2.24, 2.45) is 11.7 Å². The Morgan fingerprint density at radius 2 is 1.92 bits per heavy atom. The second kappa shape index (κ2) is 5.84. The van der Waals surface area contributed by atoms with Crippen LogP contribution in [0.1, 0.15) is 37.8 Å². The third-order valence-electron chi connectivity index (χ3n) is 5.49. The molecule has 2 aliphatic rings. The van der Waals surface area contributed by atoms with Crippen molar-refractivity contribution >= 4 is 16.6 Å². The van der Waals surface area contributed by atoms with Gasteiger partial charge in [-0.15, -0.1) is 0 Å². The molecule has 2 fully saturated rings. The van der Waals surface area contributed by atoms with Gasteiger partial charge in [0.15, 0.2) is 0 Å². The molecular formula is C18H24FN5O2. The fourth-order valence-electron chi connectivity index (χ4n) is 4.30. The van der Waals surface area contributed by atoms with Crippen molar-refractivity contribution in [2.75, 3.05) is 23.8 Å². The largest absolute Gasteiger partial charge is 0.367 e. The average Bonchev–Trinajstić information content (AvgIpc) is 3.38. The Labute approximate surface area is 150 Å². The lowest BCUT2D eigenvalue weighted by Crippen LogP contribution is -2.47. The van der Waals surface area contributed by atoms with Crippen LogP contribution in [-0.2, 0) is 0 Å². The maximum atomic E-state index is 15.0. The smallest absolute Gasteiger partial charge is 0.350 e. The number of aryl methyl sites for hydroxylation is 1. The standard InChI is InChI=1S/C18H24FN5O2/c1-9-5-11(20)8-22(7-9)16-10(2)15-13(6-14(16)19)17(25)24(21)18(26)23(15)12-3-4-12/h6,9,11-12H,3-5,7-8,20-21H2,1-2H3. The molecule has 0 radical (unpaired) electrons. The van der Waals surface area contributed by atoms with E-state index in [1.807, 2.05) is 4.90 Å². The van der Waals surface area contributed by atoms with E-state index in [0.29, 0.717) is 40.5 Å². The van der Waals surface area contributed by atoms with Gasteiger partial charge in [0.2, 0.25) is 0 Å². The monoisotopic (exact) mass is 361 g/mol. The molecular weight excluding hydrogens is 337 g/mol. The molecule has 1 aromatic carbocycles. The van der Waals surface area contributed by atoms with Crippen LogP contribution in [0.4, 0.5) is 10.1 Å². The van der Waals surface area contributed by atoms with Gasteiger partial charge in [-0.25, -0.2) is 9.18 Å². The Morgan fingerprint density at radius 3 is 2.54 bits per heavy atom. The fraction of sp³-hybridized carbons (Fsp3) is 0.556. The van der Waals surface area contributed by atoms with E-state index in [-0.39, 0.29) is 17.5 Å². The number of rotatable bonds is 2. The zero-order valence-corrected chi connectivity index (χ0v) is 15.0. The Hall–Kier alpha value is -2.35. The van der Waals surface area contributed by atoms with Crippen LogP contribution < -0.4 is 27.7 Å². The number of nitrogens with zero attached hydrogens (tertiary/aromatic N) is 3. The van der Waals surface area contributed by atoms with Gasteiger partial charge in [-0.2, -0.15) is 4.68 Å². The molecule has 26 heavy (non-hydrogen) atoms. The van der Waals surface area contributed by atoms with Gasteiger partial charge in [0.05, 0.1) is 16.6 Å². The van der Waals surface area contributed by atoms with Crippen LogP contribution in [0.25, 0.3) is 10.9 Å². The van der Waals surface area contributed by atoms with Crippen LogP contribution >= 0.6 is 0 Å². The number of piperidine rings is 1. The van der Waals surface area contributed by atoms with E-state index in [1.54, 1.807) is 11.5 Å². The summed E-state index contributed by atoms with van der Waals surface area (Å²) in [4.78, 5) is 27.0. The van der Waals surface area contributed by atoms with Crippen molar-refractivity contribution in [3.05, 3.63) is 38.3 Å². The first kappa shape index (κ1) is 17.1. The summed E-state index contributed by atoms with van der Waals surface area (Å²) in [6, 6.07) is 1.20. The minimum absolute atomic E-state index is 0.0138. The number of halogens is 1. The molecule has 1 aliphatic heterocycles. The number of hydrogen-bond donors (Lipinski definition) is 2. The molecule has 0 amide bonds. The Bertz CT molecular complexity index is 998. The Morgan fingerprint density at radius 1 is 1.23 bits per heavy atom. The van der Waals surface area contributed by atoms with Gasteiger partial charge in [-0.1, -0.05) is 6.92 Å². The van der Waals surface area contributed by atoms with E-state index in [2.05, 4.69) is 6.92 Å². The topological polar surface area (TPSA) is 99.3 Å². The number of nitrogen functional groups attached to an aromatic ring is 1. The SMILES string of the molecule is Cc1c(N2CC(C)CC(N)C2)c(F)cc2c(=O)n(N)c(=O)n(C3CC3)c12. The second-order valence-electron chi connectivity index (χ2n) is 7.79. The Balaban J connectivity index is 2.02. The number of hydrogen-bond acceptors (Lipinski definition) is 5. The molecule has 140 valence electrons. The van der Waals surface area contributed by atoms with Crippen LogP contribution in [-0.4, -0.2) is 28.4 Å². The third-order valence-corrected chi connectivity index (χ3v) is 5.49. The van der Waals surface area contributed by atoms with Crippen LogP contribution in [0.2, 0.25) is 0 Å². The molecule has 2 aromatic rings. The lowest BCUT2D eigenvalue weighted by atomic mass is 9.95. The van der Waals surface area contributed by atoms with Gasteiger partial charge in [0, 0.05) is 30.7 Å². The van der Waals surface area contributed by atoms with Crippen molar-refractivity contribution in [1.29, 1.82) is 0 Å². The van der Waals surface area contributed by atoms with E-state index in [1.165, 1.54) is 6.07 Å². The van der Waals surface area contributed by atoms with E-state index in [0.717, 1.165) is 19.3 Å². The highest BCUT2D eigenvalue weighted by molar-refractivity contribution is 5.87. The number of aromatic nitrogens is 2. The van der Waals surface area contributed by atoms with E-state index >= 15 is 4.39 Å². The summed E-state index contributed by atoms with van der Waals surface area (Å²) >= 11 is 0. The Kier molecular flexibility index (Phi) is 3.83. The normalized spacial score (nSPS) is 23.6. The summed E-state index contributed by atoms with van der Waals surface area (Å²) in [6.45, 7) is 5.10. The zero-order chi connectivity index (χ0) is 18.7. The van der Waals surface area contributed by atoms with Gasteiger partial charge in [0.1, 0.15) is 5.82 Å². The second-order valence-corrected chi connectivity index (χ2v) is 7.79. The van der Waals surface area contributed by atoms with Crippen LogP contribution in [0.5, 0.6) is 0 Å². The maximum absolute atomic E-state index is 15.0. The quantitative estimate of drug-likeness (QED) is 0.772. The third kappa shape index (κ3) is 2.51. The summed E-state index contributed by atoms with van der Waals surface area (Å²) in [7, 11) is 0. The van der Waals surface area contributed by atoms with Crippen molar-refractivity contribution in [3.63, 3.8) is 0 Å². The fourth-order valence-corrected chi connectivity index (χ4v) is 4.30. The van der Waals surface area contributed by atoms with Gasteiger partial charge in [-0.05, 0) is 38.2 Å². The van der Waals surface area contributed by atoms with Crippen molar-refractivity contribution in [3.8, 4) is 0 Å². The average molecular weight is 361 g/mol. The molecule has 2 heterocycles. The molecule has 4 rings (SSSR count). The van der Waals surface area contributed by atoms with E-state index in [4.69, 9.17) is 11.6 Å². The predicted molar refractivity (Wildman–Crippen MR) is 99.6 cm³/mol. The molecule has 2 atom stereocenters. The number of anilines is 1. The molecule has 4 N–H and O–H groups in total. The van der Waals surface area contributed by atoms with Gasteiger partial charge in [-0.3, -0.25) is 9.36 Å². The molecule has 0 bridgehead atoms. The first-order valence-corrected chi connectivity index (χ1v) is 9.05. The minimum atomic E-state index is -0.667. The molecule has 7 nitrogen and oxygen atoms in total. The van der Waals surface area contributed by atoms with Crippen molar-refractivity contribution in [2.45, 2.75) is 45.2 Å². The predicted octanol–water partition coefficient (Wildman–Crippen LogP) is 0.833. The molecule has 1 aliphatic carbocycles. The highest BCUT2D eigenvalue weighted by Crippen LogP contribution is 2.38. The number of benzene rings is 1. The first-order valence-electron chi connectivity index (χ1n) is 9.05. The summed E-state index contributed by atoms with van der Waals surface area (Å²) < 4.78 is 17.2. The van der Waals surface area contributed by atoms with Crippen LogP contribution in [0.15, 0.2) is 15.7 Å². The lowest BCUT2D eigenvalue weighted by molar-refractivity contribution is 0.398. The zero-order valence-electron chi connectivity index (χ0n) is 15.0. The molecule has 8 heteroatoms. The van der Waals surface area contributed by atoms with E-state index in [9.17, 15) is 9.59 Å². The van der Waals surface area contributed by atoms with Crippen LogP contribution in [0, 0.1) is 18.7 Å². The summed E-state index contributed by atoms with van der Waals surface area (Å²) in [5, 5.41) is 0.145. The molecule has 1 saturated heterocycles. The highest BCUT2D eigenvalue weighted by Gasteiger charge is 2.32. The molecule has 1 saturated carbocycles. The van der Waals surface area contributed by atoms with Gasteiger partial charge >= 0.3 is 5.69 Å². The van der Waals surface area contributed by atoms with Crippen molar-refractivity contribution < 1.29 is 4.39 Å². The molecule has 0 spiro atoms. The van der Waals surface area contributed by atoms with Crippen LogP contribution in [0.3, 0.4) is 0 Å². The lowest BCUT2D eigenvalue weighted by Gasteiger charge is -2.37. The minimum Gasteiger partial charge on any atom is -0.367 e. The summed E-state index contributed by atoms with van der Waals surface area (Å²) in [5.41, 5.74) is 6.44. The van der Waals surface area contributed by atoms with E-state index < -0.39 is 17.1 Å². The van der Waals surface area contributed by atoms with Gasteiger partial charge < -0.3 is 16.5 Å². The first-order chi connectivity index (χ1) is 12.3. The molecule has 1 aromatic heterocycles. The summed E-state index contributed by atoms with van der Waals surface area (Å²) in [6.07, 6.45) is 2.60. The number of nitrogens with two attached hydrogens (primary N) is 2. The van der Waals surface area contributed by atoms with Gasteiger partial charge in [0.25, 0.3) is 5.56 Å². The highest BCUT2D eigenvalue weighted by atomic mass is 19.1. The number of fused-ring (bicyclic) bond motifs is 1. The molecule has 2 unspecified atom stereocenters. The maximum Gasteiger partial charge on any atom is 0.350 e. The van der Waals surface area contributed by atoms with Crippen molar-refractivity contribution in [1.82, 2.24) is 9.24 Å².